The predicted molar refractivity (Wildman–Crippen MR) is 89.6 cm³/mol. The van der Waals surface area contributed by atoms with Gasteiger partial charge in [0.15, 0.2) is 17.5 Å². The lowest BCUT2D eigenvalue weighted by Gasteiger charge is -2.28. The number of hydrogen-bond donors (Lipinski definition) is 1. The number of rotatable bonds is 3. The molecule has 2 heterocycles. The summed E-state index contributed by atoms with van der Waals surface area (Å²) in [6, 6.07) is 2.00. The van der Waals surface area contributed by atoms with Crippen LogP contribution in [0.1, 0.15) is 36.0 Å². The first kappa shape index (κ1) is 18.3. The van der Waals surface area contributed by atoms with E-state index in [1.54, 1.807) is 0 Å². The first-order valence-corrected chi connectivity index (χ1v) is 9.23. The van der Waals surface area contributed by atoms with E-state index in [9.17, 15) is 27.9 Å². The van der Waals surface area contributed by atoms with E-state index in [0.29, 0.717) is 25.2 Å². The van der Waals surface area contributed by atoms with Crippen LogP contribution in [0, 0.1) is 28.8 Å². The van der Waals surface area contributed by atoms with Crippen molar-refractivity contribution in [3.8, 4) is 0 Å². The fourth-order valence-corrected chi connectivity index (χ4v) is 4.97. The van der Waals surface area contributed by atoms with E-state index in [0.717, 1.165) is 31.7 Å². The Hall–Kier alpha value is -2.09. The van der Waals surface area contributed by atoms with Crippen molar-refractivity contribution in [3.63, 3.8) is 0 Å². The monoisotopic (exact) mass is 382 g/mol. The van der Waals surface area contributed by atoms with Crippen molar-refractivity contribution in [1.29, 1.82) is 0 Å². The minimum atomic E-state index is -1.69. The molecule has 27 heavy (non-hydrogen) atoms. The van der Waals surface area contributed by atoms with Crippen LogP contribution in [-0.4, -0.2) is 59.0 Å². The standard InChI is InChI=1S/C19H21F3N2O3/c20-14-6-5-13(15(21)16(14)22)17(25)24-8-11-7-23(12-3-1-2-4-12)9-19(11,10-24)18(26)27/h5-6,11-12H,1-4,7-10H2,(H,26,27)/t11-,19-/m1/s1. The lowest BCUT2D eigenvalue weighted by molar-refractivity contribution is -0.148. The molecule has 0 radical (unpaired) electrons. The molecule has 0 unspecified atom stereocenters. The summed E-state index contributed by atoms with van der Waals surface area (Å²) in [6.45, 7) is 1.07. The van der Waals surface area contributed by atoms with Crippen LogP contribution in [0.15, 0.2) is 12.1 Å². The van der Waals surface area contributed by atoms with E-state index in [4.69, 9.17) is 0 Å². The topological polar surface area (TPSA) is 60.9 Å². The number of carbonyl (C=O) groups is 2. The number of likely N-dealkylation sites (tertiary alicyclic amines) is 2. The Morgan fingerprint density at radius 3 is 2.37 bits per heavy atom. The first-order valence-electron chi connectivity index (χ1n) is 9.23. The molecule has 5 nitrogen and oxygen atoms in total. The Morgan fingerprint density at radius 1 is 1.04 bits per heavy atom. The van der Waals surface area contributed by atoms with Gasteiger partial charge in [-0.2, -0.15) is 0 Å². The molecule has 2 aliphatic heterocycles. The molecule has 0 bridgehead atoms. The first-order chi connectivity index (χ1) is 12.8. The average molecular weight is 382 g/mol. The van der Waals surface area contributed by atoms with Gasteiger partial charge in [-0.05, 0) is 25.0 Å². The number of carbonyl (C=O) groups excluding carboxylic acids is 1. The number of hydrogen-bond acceptors (Lipinski definition) is 3. The van der Waals surface area contributed by atoms with Gasteiger partial charge in [-0.1, -0.05) is 12.8 Å². The summed E-state index contributed by atoms with van der Waals surface area (Å²) in [5.74, 6) is -6.61. The molecule has 3 aliphatic rings. The van der Waals surface area contributed by atoms with Crippen LogP contribution in [0.3, 0.4) is 0 Å². The Labute approximate surface area is 154 Å². The normalized spacial score (nSPS) is 28.7. The summed E-state index contributed by atoms with van der Waals surface area (Å²) in [7, 11) is 0. The third-order valence-corrected chi connectivity index (χ3v) is 6.46. The Balaban J connectivity index is 1.56. The molecule has 1 N–H and O–H groups in total. The summed E-state index contributed by atoms with van der Waals surface area (Å²) in [6.07, 6.45) is 4.41. The van der Waals surface area contributed by atoms with Crippen LogP contribution in [0.25, 0.3) is 0 Å². The van der Waals surface area contributed by atoms with E-state index < -0.39 is 40.3 Å². The second-order valence-corrected chi connectivity index (χ2v) is 7.93. The molecule has 146 valence electrons. The fraction of sp³-hybridized carbons (Fsp3) is 0.579. The zero-order chi connectivity index (χ0) is 19.3. The quantitative estimate of drug-likeness (QED) is 0.816. The van der Waals surface area contributed by atoms with Gasteiger partial charge in [0, 0.05) is 38.1 Å². The van der Waals surface area contributed by atoms with Crippen molar-refractivity contribution in [2.45, 2.75) is 31.7 Å². The van der Waals surface area contributed by atoms with Crippen molar-refractivity contribution in [2.75, 3.05) is 26.2 Å². The maximum atomic E-state index is 14.0. The molecule has 0 aromatic heterocycles. The number of halogens is 3. The number of carboxylic acid groups (broad SMARTS) is 1. The zero-order valence-corrected chi connectivity index (χ0v) is 14.8. The molecule has 3 fully saturated rings. The van der Waals surface area contributed by atoms with Crippen molar-refractivity contribution in [2.24, 2.45) is 11.3 Å². The van der Waals surface area contributed by atoms with Crippen LogP contribution < -0.4 is 0 Å². The second kappa shape index (κ2) is 6.51. The highest BCUT2D eigenvalue weighted by Crippen LogP contribution is 2.45. The zero-order valence-electron chi connectivity index (χ0n) is 14.8. The van der Waals surface area contributed by atoms with Crippen molar-refractivity contribution in [3.05, 3.63) is 35.1 Å². The molecule has 2 saturated heterocycles. The third kappa shape index (κ3) is 2.81. The molecule has 1 aliphatic carbocycles. The molecule has 2 atom stereocenters. The molecule has 1 aromatic rings. The molecule has 1 saturated carbocycles. The molecular formula is C19H21F3N2O3. The summed E-state index contributed by atoms with van der Waals surface area (Å²) in [5, 5.41) is 9.89. The van der Waals surface area contributed by atoms with Crippen LogP contribution in [-0.2, 0) is 4.79 Å². The number of aliphatic carboxylic acids is 1. The molecule has 4 rings (SSSR count). The highest BCUT2D eigenvalue weighted by atomic mass is 19.2. The Bertz CT molecular complexity index is 797. The van der Waals surface area contributed by atoms with Crippen LogP contribution in [0.4, 0.5) is 13.2 Å². The van der Waals surface area contributed by atoms with Gasteiger partial charge in [0.25, 0.3) is 5.91 Å². The van der Waals surface area contributed by atoms with Crippen LogP contribution >= 0.6 is 0 Å². The van der Waals surface area contributed by atoms with E-state index in [-0.39, 0.29) is 19.0 Å². The Morgan fingerprint density at radius 2 is 1.74 bits per heavy atom. The number of benzene rings is 1. The number of amides is 1. The predicted octanol–water partition coefficient (Wildman–Crippen LogP) is 2.51. The SMILES string of the molecule is O=C(c1ccc(F)c(F)c1F)N1C[C@H]2CN(C3CCCC3)C[C@@]2(C(=O)O)C1. The van der Waals surface area contributed by atoms with E-state index in [1.807, 2.05) is 0 Å². The van der Waals surface area contributed by atoms with Gasteiger partial charge in [0.1, 0.15) is 5.41 Å². The summed E-state index contributed by atoms with van der Waals surface area (Å²) >= 11 is 0. The molecule has 1 aromatic carbocycles. The fourth-order valence-electron chi connectivity index (χ4n) is 4.97. The molecular weight excluding hydrogens is 361 g/mol. The van der Waals surface area contributed by atoms with Gasteiger partial charge in [0.05, 0.1) is 5.56 Å². The van der Waals surface area contributed by atoms with Crippen molar-refractivity contribution < 1.29 is 27.9 Å². The number of fused-ring (bicyclic) bond motifs is 1. The minimum absolute atomic E-state index is 0.0481. The lowest BCUT2D eigenvalue weighted by Crippen LogP contribution is -2.43. The Kier molecular flexibility index (Phi) is 4.41. The van der Waals surface area contributed by atoms with Crippen molar-refractivity contribution >= 4 is 11.9 Å². The van der Waals surface area contributed by atoms with E-state index in [2.05, 4.69) is 4.90 Å². The summed E-state index contributed by atoms with van der Waals surface area (Å²) < 4.78 is 40.6. The van der Waals surface area contributed by atoms with Gasteiger partial charge in [-0.3, -0.25) is 14.5 Å². The average Bonchev–Trinajstić information content (AvgIpc) is 3.33. The summed E-state index contributed by atoms with van der Waals surface area (Å²) in [5.41, 5.74) is -1.66. The largest absolute Gasteiger partial charge is 0.481 e. The van der Waals surface area contributed by atoms with Crippen molar-refractivity contribution in [1.82, 2.24) is 9.80 Å². The molecule has 0 spiro atoms. The smallest absolute Gasteiger partial charge is 0.313 e. The van der Waals surface area contributed by atoms with Gasteiger partial charge in [-0.25, -0.2) is 13.2 Å². The maximum Gasteiger partial charge on any atom is 0.313 e. The molecule has 1 amide bonds. The second-order valence-electron chi connectivity index (χ2n) is 7.93. The highest BCUT2D eigenvalue weighted by Gasteiger charge is 2.59. The van der Waals surface area contributed by atoms with Gasteiger partial charge in [-0.15, -0.1) is 0 Å². The highest BCUT2D eigenvalue weighted by molar-refractivity contribution is 5.95. The third-order valence-electron chi connectivity index (χ3n) is 6.46. The van der Waals surface area contributed by atoms with Gasteiger partial charge in [0.2, 0.25) is 0 Å². The summed E-state index contributed by atoms with van der Waals surface area (Å²) in [4.78, 5) is 28.2. The van der Waals surface area contributed by atoms with E-state index in [1.165, 1.54) is 4.90 Å². The van der Waals surface area contributed by atoms with E-state index >= 15 is 0 Å². The van der Waals surface area contributed by atoms with Gasteiger partial charge < -0.3 is 10.0 Å². The molecule has 8 heteroatoms. The minimum Gasteiger partial charge on any atom is -0.481 e. The van der Waals surface area contributed by atoms with Crippen LogP contribution in [0.2, 0.25) is 0 Å². The van der Waals surface area contributed by atoms with Gasteiger partial charge >= 0.3 is 5.97 Å². The number of carboxylic acids is 1. The lowest BCUT2D eigenvalue weighted by atomic mass is 9.81. The van der Waals surface area contributed by atoms with Crippen LogP contribution in [0.5, 0.6) is 0 Å². The maximum absolute atomic E-state index is 14.0. The number of nitrogens with zero attached hydrogens (tertiary/aromatic N) is 2.